The SMILES string of the molecule is CC1CCN(c2ccc(NC(=O)CNCc3ccccn3)cc2)CC1. The summed E-state index contributed by atoms with van der Waals surface area (Å²) in [5.41, 5.74) is 2.99. The lowest BCUT2D eigenvalue weighted by Gasteiger charge is -2.32. The number of amides is 1. The predicted octanol–water partition coefficient (Wildman–Crippen LogP) is 3.05. The Morgan fingerprint density at radius 2 is 1.92 bits per heavy atom. The lowest BCUT2D eigenvalue weighted by Crippen LogP contribution is -2.32. The number of nitrogens with zero attached hydrogens (tertiary/aromatic N) is 2. The molecule has 0 aliphatic carbocycles. The molecule has 2 heterocycles. The number of piperidine rings is 1. The minimum Gasteiger partial charge on any atom is -0.372 e. The molecule has 25 heavy (non-hydrogen) atoms. The molecule has 1 aliphatic heterocycles. The molecule has 0 radical (unpaired) electrons. The van der Waals surface area contributed by atoms with Crippen molar-refractivity contribution in [2.24, 2.45) is 5.92 Å². The number of anilines is 2. The molecule has 0 saturated carbocycles. The van der Waals surface area contributed by atoms with Gasteiger partial charge in [-0.1, -0.05) is 13.0 Å². The van der Waals surface area contributed by atoms with Gasteiger partial charge >= 0.3 is 0 Å². The number of carbonyl (C=O) groups excluding carboxylic acids is 1. The van der Waals surface area contributed by atoms with Crippen molar-refractivity contribution in [1.82, 2.24) is 10.3 Å². The summed E-state index contributed by atoms with van der Waals surface area (Å²) < 4.78 is 0. The van der Waals surface area contributed by atoms with Gasteiger partial charge in [-0.05, 0) is 55.2 Å². The van der Waals surface area contributed by atoms with Crippen molar-refractivity contribution in [1.29, 1.82) is 0 Å². The maximum absolute atomic E-state index is 12.0. The largest absolute Gasteiger partial charge is 0.372 e. The van der Waals surface area contributed by atoms with Gasteiger partial charge in [-0.25, -0.2) is 0 Å². The van der Waals surface area contributed by atoms with Crippen LogP contribution in [0, 0.1) is 5.92 Å². The van der Waals surface area contributed by atoms with Crippen molar-refractivity contribution in [3.8, 4) is 0 Å². The van der Waals surface area contributed by atoms with Gasteiger partial charge in [0.1, 0.15) is 0 Å². The molecule has 0 unspecified atom stereocenters. The molecule has 1 fully saturated rings. The first kappa shape index (κ1) is 17.4. The Bertz CT molecular complexity index is 664. The smallest absolute Gasteiger partial charge is 0.238 e. The van der Waals surface area contributed by atoms with Crippen molar-refractivity contribution in [2.45, 2.75) is 26.3 Å². The molecule has 2 N–H and O–H groups in total. The summed E-state index contributed by atoms with van der Waals surface area (Å²) in [4.78, 5) is 18.7. The second kappa shape index (κ2) is 8.62. The lowest BCUT2D eigenvalue weighted by atomic mass is 9.99. The van der Waals surface area contributed by atoms with Crippen LogP contribution in [0.3, 0.4) is 0 Å². The molecular weight excluding hydrogens is 312 g/mol. The fourth-order valence-electron chi connectivity index (χ4n) is 3.03. The number of rotatable bonds is 6. The minimum atomic E-state index is -0.0459. The third-order valence-electron chi connectivity index (χ3n) is 4.62. The molecule has 1 aliphatic rings. The molecule has 1 aromatic heterocycles. The van der Waals surface area contributed by atoms with E-state index in [1.165, 1.54) is 18.5 Å². The first-order valence-electron chi connectivity index (χ1n) is 8.96. The minimum absolute atomic E-state index is 0.0459. The number of hydrogen-bond acceptors (Lipinski definition) is 4. The summed E-state index contributed by atoms with van der Waals surface area (Å²) in [5, 5.41) is 6.03. The van der Waals surface area contributed by atoms with Crippen LogP contribution >= 0.6 is 0 Å². The van der Waals surface area contributed by atoms with E-state index in [2.05, 4.69) is 39.6 Å². The van der Waals surface area contributed by atoms with Crippen LogP contribution in [-0.4, -0.2) is 30.5 Å². The van der Waals surface area contributed by atoms with Crippen LogP contribution in [0.2, 0.25) is 0 Å². The fourth-order valence-corrected chi connectivity index (χ4v) is 3.03. The Labute approximate surface area is 149 Å². The van der Waals surface area contributed by atoms with Crippen molar-refractivity contribution >= 4 is 17.3 Å². The summed E-state index contributed by atoms with van der Waals surface area (Å²) in [7, 11) is 0. The topological polar surface area (TPSA) is 57.3 Å². The van der Waals surface area contributed by atoms with Gasteiger partial charge in [0.15, 0.2) is 0 Å². The van der Waals surface area contributed by atoms with E-state index < -0.39 is 0 Å². The van der Waals surface area contributed by atoms with Crippen molar-refractivity contribution in [2.75, 3.05) is 29.9 Å². The van der Waals surface area contributed by atoms with E-state index in [0.29, 0.717) is 6.54 Å². The van der Waals surface area contributed by atoms with Gasteiger partial charge in [0.05, 0.1) is 12.2 Å². The average Bonchev–Trinajstić information content (AvgIpc) is 2.64. The molecular formula is C20H26N4O. The fraction of sp³-hybridized carbons (Fsp3) is 0.400. The first-order valence-corrected chi connectivity index (χ1v) is 8.96. The second-order valence-electron chi connectivity index (χ2n) is 6.69. The van der Waals surface area contributed by atoms with E-state index in [1.807, 2.05) is 30.3 Å². The molecule has 5 nitrogen and oxygen atoms in total. The molecule has 1 amide bonds. The van der Waals surface area contributed by atoms with Crippen LogP contribution in [0.25, 0.3) is 0 Å². The highest BCUT2D eigenvalue weighted by atomic mass is 16.1. The average molecular weight is 338 g/mol. The Balaban J connectivity index is 1.44. The van der Waals surface area contributed by atoms with Gasteiger partial charge in [-0.15, -0.1) is 0 Å². The van der Waals surface area contributed by atoms with Crippen molar-refractivity contribution in [3.63, 3.8) is 0 Å². The maximum Gasteiger partial charge on any atom is 0.238 e. The summed E-state index contributed by atoms with van der Waals surface area (Å²) in [6.07, 6.45) is 4.25. The highest BCUT2D eigenvalue weighted by molar-refractivity contribution is 5.92. The van der Waals surface area contributed by atoms with Gasteiger partial charge in [0.2, 0.25) is 5.91 Å². The van der Waals surface area contributed by atoms with Crippen LogP contribution in [0.4, 0.5) is 11.4 Å². The highest BCUT2D eigenvalue weighted by Gasteiger charge is 2.15. The van der Waals surface area contributed by atoms with Crippen molar-refractivity contribution in [3.05, 3.63) is 54.4 Å². The van der Waals surface area contributed by atoms with E-state index in [1.54, 1.807) is 6.20 Å². The number of hydrogen-bond donors (Lipinski definition) is 2. The van der Waals surface area contributed by atoms with Gasteiger partial charge in [0.25, 0.3) is 0 Å². The van der Waals surface area contributed by atoms with E-state index in [4.69, 9.17) is 0 Å². The summed E-state index contributed by atoms with van der Waals surface area (Å²) in [6.45, 7) is 5.40. The Kier molecular flexibility index (Phi) is 6.01. The van der Waals surface area contributed by atoms with Gasteiger partial charge in [0, 0.05) is 37.2 Å². The lowest BCUT2D eigenvalue weighted by molar-refractivity contribution is -0.115. The number of nitrogens with one attached hydrogen (secondary N) is 2. The number of benzene rings is 1. The summed E-state index contributed by atoms with van der Waals surface area (Å²) in [5.74, 6) is 0.781. The molecule has 0 bridgehead atoms. The highest BCUT2D eigenvalue weighted by Crippen LogP contribution is 2.24. The van der Waals surface area contributed by atoms with E-state index in [0.717, 1.165) is 30.4 Å². The Morgan fingerprint density at radius 3 is 2.60 bits per heavy atom. The van der Waals surface area contributed by atoms with E-state index in [9.17, 15) is 4.79 Å². The Morgan fingerprint density at radius 1 is 1.16 bits per heavy atom. The second-order valence-corrected chi connectivity index (χ2v) is 6.69. The maximum atomic E-state index is 12.0. The standard InChI is InChI=1S/C20H26N4O/c1-16-9-12-24(13-10-16)19-7-5-17(6-8-19)23-20(25)15-21-14-18-4-2-3-11-22-18/h2-8,11,16,21H,9-10,12-15H2,1H3,(H,23,25). The zero-order valence-electron chi connectivity index (χ0n) is 14.7. The quantitative estimate of drug-likeness (QED) is 0.850. The van der Waals surface area contributed by atoms with Crippen LogP contribution in [0.5, 0.6) is 0 Å². The van der Waals surface area contributed by atoms with Crippen LogP contribution < -0.4 is 15.5 Å². The monoisotopic (exact) mass is 338 g/mol. The summed E-state index contributed by atoms with van der Waals surface area (Å²) >= 11 is 0. The van der Waals surface area contributed by atoms with Crippen LogP contribution in [0.1, 0.15) is 25.5 Å². The molecule has 1 saturated heterocycles. The normalized spacial score (nSPS) is 15.2. The van der Waals surface area contributed by atoms with Crippen LogP contribution in [-0.2, 0) is 11.3 Å². The van der Waals surface area contributed by atoms with Gasteiger partial charge in [-0.2, -0.15) is 0 Å². The zero-order valence-corrected chi connectivity index (χ0v) is 14.7. The van der Waals surface area contributed by atoms with E-state index in [-0.39, 0.29) is 12.5 Å². The summed E-state index contributed by atoms with van der Waals surface area (Å²) in [6, 6.07) is 13.9. The van der Waals surface area contributed by atoms with Gasteiger partial charge in [-0.3, -0.25) is 9.78 Å². The molecule has 2 aromatic rings. The molecule has 132 valence electrons. The number of carbonyl (C=O) groups is 1. The molecule has 1 aromatic carbocycles. The van der Waals surface area contributed by atoms with Crippen LogP contribution in [0.15, 0.2) is 48.7 Å². The zero-order chi connectivity index (χ0) is 17.5. The van der Waals surface area contributed by atoms with Gasteiger partial charge < -0.3 is 15.5 Å². The molecule has 3 rings (SSSR count). The molecule has 0 atom stereocenters. The third kappa shape index (κ3) is 5.29. The molecule has 0 spiro atoms. The number of pyridine rings is 1. The predicted molar refractivity (Wildman–Crippen MR) is 102 cm³/mol. The third-order valence-corrected chi connectivity index (χ3v) is 4.62. The number of aromatic nitrogens is 1. The molecule has 5 heteroatoms. The van der Waals surface area contributed by atoms with E-state index >= 15 is 0 Å². The Hall–Kier alpha value is -2.40. The van der Waals surface area contributed by atoms with Crippen molar-refractivity contribution < 1.29 is 4.79 Å². The first-order chi connectivity index (χ1) is 12.2.